The first kappa shape index (κ1) is 65.7. The molecule has 0 saturated carbocycles. The number of hydrogen-bond acceptors (Lipinski definition) is 18. The van der Waals surface area contributed by atoms with E-state index in [9.17, 15) is 38.4 Å². The number of halogens is 2. The molecule has 0 radical (unpaired) electrons. The Labute approximate surface area is 353 Å². The van der Waals surface area contributed by atoms with E-state index in [0.717, 1.165) is 0 Å². The lowest BCUT2D eigenvalue weighted by Crippen LogP contribution is -2.46. The van der Waals surface area contributed by atoms with Crippen molar-refractivity contribution in [3.63, 3.8) is 0 Å². The Kier molecular flexibility index (Phi) is 43.4. The average molecular weight is 888 g/mol. The highest BCUT2D eigenvalue weighted by Gasteiger charge is 2.26. The molecule has 2 amide bonds. The third kappa shape index (κ3) is 44.5. The van der Waals surface area contributed by atoms with Crippen LogP contribution in [0.5, 0.6) is 0 Å². The SMILES string of the molecule is CCC(=O)O.CCOC(=O)[C@@H](N)CCOC(=O)CN.CCOC(=O)[C@H](CCOC(=O)CC)NC(=O)OC(C)(C)C.CCOC(=O)[C@H](CO)NC(=O)OC(C)(C)C.Cl.Cl. The molecule has 0 aliphatic rings. The summed E-state index contributed by atoms with van der Waals surface area (Å²) in [4.78, 5) is 87.9. The zero-order chi connectivity index (χ0) is 44.5. The summed E-state index contributed by atoms with van der Waals surface area (Å²) in [6, 6.07) is -2.75. The van der Waals surface area contributed by atoms with Crippen LogP contribution in [-0.4, -0.2) is 134 Å². The zero-order valence-corrected chi connectivity index (χ0v) is 37.1. The molecule has 0 aliphatic carbocycles. The number of amides is 2. The van der Waals surface area contributed by atoms with Gasteiger partial charge in [0.1, 0.15) is 23.3 Å². The molecule has 58 heavy (non-hydrogen) atoms. The van der Waals surface area contributed by atoms with E-state index in [2.05, 4.69) is 24.8 Å². The number of aliphatic hydroxyl groups excluding tert-OH is 1. The Balaban J connectivity index is -0.000000165. The van der Waals surface area contributed by atoms with Gasteiger partial charge in [0, 0.05) is 25.7 Å². The minimum absolute atomic E-state index is 0. The minimum atomic E-state index is -1.09. The Bertz CT molecular complexity index is 1180. The molecule has 344 valence electrons. The molecule has 0 aromatic rings. The third-order valence-corrected chi connectivity index (χ3v) is 5.42. The molecule has 0 unspecified atom stereocenters. The predicted molar refractivity (Wildman–Crippen MR) is 214 cm³/mol. The van der Waals surface area contributed by atoms with Crippen molar-refractivity contribution in [1.82, 2.24) is 10.6 Å². The van der Waals surface area contributed by atoms with Gasteiger partial charge in [0.2, 0.25) is 0 Å². The van der Waals surface area contributed by atoms with Crippen molar-refractivity contribution in [2.75, 3.05) is 46.2 Å². The smallest absolute Gasteiger partial charge is 0.408 e. The van der Waals surface area contributed by atoms with Crippen LogP contribution in [0.2, 0.25) is 0 Å². The van der Waals surface area contributed by atoms with Gasteiger partial charge in [-0.1, -0.05) is 13.8 Å². The number of nitrogens with one attached hydrogen (secondary N) is 2. The Morgan fingerprint density at radius 2 is 0.948 bits per heavy atom. The molecule has 0 aromatic carbocycles. The summed E-state index contributed by atoms with van der Waals surface area (Å²) in [7, 11) is 0. The first-order valence-electron chi connectivity index (χ1n) is 18.0. The highest BCUT2D eigenvalue weighted by atomic mass is 35.5. The van der Waals surface area contributed by atoms with E-state index < -0.39 is 78.0 Å². The molecule has 0 heterocycles. The number of ether oxygens (including phenoxy) is 7. The Morgan fingerprint density at radius 1 is 0.586 bits per heavy atom. The minimum Gasteiger partial charge on any atom is -0.481 e. The predicted octanol–water partition coefficient (Wildman–Crippen LogP) is 2.31. The van der Waals surface area contributed by atoms with Crippen LogP contribution in [0.1, 0.15) is 102 Å². The fourth-order valence-corrected chi connectivity index (χ4v) is 2.93. The van der Waals surface area contributed by atoms with Crippen molar-refractivity contribution in [3.05, 3.63) is 0 Å². The van der Waals surface area contributed by atoms with E-state index in [0.29, 0.717) is 0 Å². The quantitative estimate of drug-likeness (QED) is 0.0849. The fraction of sp³-hybridized carbons (Fsp3) is 0.771. The number of esters is 5. The lowest BCUT2D eigenvalue weighted by Gasteiger charge is -2.22. The topological polar surface area (TPSA) is 318 Å². The van der Waals surface area contributed by atoms with Gasteiger partial charge in [-0.2, -0.15) is 0 Å². The summed E-state index contributed by atoms with van der Waals surface area (Å²) in [5.74, 6) is -3.39. The van der Waals surface area contributed by atoms with Crippen LogP contribution in [0, 0.1) is 0 Å². The molecule has 0 rings (SSSR count). The summed E-state index contributed by atoms with van der Waals surface area (Å²) in [6.07, 6.45) is -0.639. The van der Waals surface area contributed by atoms with Crippen LogP contribution >= 0.6 is 24.8 Å². The van der Waals surface area contributed by atoms with Crippen LogP contribution in [0.3, 0.4) is 0 Å². The molecule has 3 atom stereocenters. The van der Waals surface area contributed by atoms with Gasteiger partial charge >= 0.3 is 48.0 Å². The first-order chi connectivity index (χ1) is 25.9. The fourth-order valence-electron chi connectivity index (χ4n) is 2.93. The van der Waals surface area contributed by atoms with Gasteiger partial charge in [0.25, 0.3) is 0 Å². The number of carbonyl (C=O) groups excluding carboxylic acids is 7. The summed E-state index contributed by atoms with van der Waals surface area (Å²) in [6.45, 7) is 18.6. The van der Waals surface area contributed by atoms with E-state index in [1.54, 1.807) is 76.2 Å². The van der Waals surface area contributed by atoms with Crippen molar-refractivity contribution in [1.29, 1.82) is 0 Å². The van der Waals surface area contributed by atoms with Crippen molar-refractivity contribution in [2.45, 2.75) is 131 Å². The summed E-state index contributed by atoms with van der Waals surface area (Å²) >= 11 is 0. The van der Waals surface area contributed by atoms with Gasteiger partial charge in [0.15, 0.2) is 6.04 Å². The Morgan fingerprint density at radius 3 is 1.29 bits per heavy atom. The highest BCUT2D eigenvalue weighted by molar-refractivity contribution is 5.86. The number of aliphatic carboxylic acids is 1. The number of carboxylic acids is 1. The number of alkyl carbamates (subject to hydrolysis) is 2. The Hall–Kier alpha value is -4.18. The molecular formula is C35H68Cl2N4O17. The number of carboxylic acid groups (broad SMARTS) is 1. The van der Waals surface area contributed by atoms with Crippen molar-refractivity contribution in [3.8, 4) is 0 Å². The number of rotatable bonds is 18. The van der Waals surface area contributed by atoms with Crippen molar-refractivity contribution < 1.29 is 81.7 Å². The molecule has 21 nitrogen and oxygen atoms in total. The van der Waals surface area contributed by atoms with Gasteiger partial charge in [-0.15, -0.1) is 24.8 Å². The number of nitrogens with two attached hydrogens (primary N) is 2. The lowest BCUT2D eigenvalue weighted by molar-refractivity contribution is -0.149. The molecule has 0 aliphatic heterocycles. The maximum atomic E-state index is 11.8. The second-order valence-corrected chi connectivity index (χ2v) is 12.8. The number of hydrogen-bond donors (Lipinski definition) is 6. The van der Waals surface area contributed by atoms with Crippen molar-refractivity contribution in [2.24, 2.45) is 11.5 Å². The number of carbonyl (C=O) groups is 8. The largest absolute Gasteiger partial charge is 0.481 e. The third-order valence-electron chi connectivity index (χ3n) is 5.42. The van der Waals surface area contributed by atoms with Gasteiger partial charge in [0.05, 0.1) is 46.2 Å². The maximum absolute atomic E-state index is 11.8. The molecule has 0 aromatic heterocycles. The van der Waals surface area contributed by atoms with Crippen LogP contribution in [0.4, 0.5) is 9.59 Å². The van der Waals surface area contributed by atoms with Crippen LogP contribution in [0.25, 0.3) is 0 Å². The number of aliphatic hydroxyl groups is 1. The summed E-state index contributed by atoms with van der Waals surface area (Å²) < 4.78 is 33.7. The van der Waals surface area contributed by atoms with E-state index >= 15 is 0 Å². The van der Waals surface area contributed by atoms with E-state index in [1.807, 2.05) is 0 Å². The lowest BCUT2D eigenvalue weighted by atomic mass is 10.2. The second kappa shape index (κ2) is 38.3. The summed E-state index contributed by atoms with van der Waals surface area (Å²) in [5, 5.41) is 21.3. The van der Waals surface area contributed by atoms with Crippen LogP contribution in [0.15, 0.2) is 0 Å². The zero-order valence-electron chi connectivity index (χ0n) is 35.5. The standard InChI is InChI=1S/C14H25NO6.C10H19NO5.C8H16N2O4.C3H6O2.2ClH/c1-6-11(16)20-9-8-10(12(17)19-7-2)15-13(18)21-14(3,4)5;1-5-15-8(13)7(6-12)11-9(14)16-10(2,3)4;1-2-13-8(12)6(10)3-4-14-7(11)5-9;1-2-3(4)5;;/h10H,6-9H2,1-5H3,(H,15,18);7,12H,5-6H2,1-4H3,(H,11,14);6H,2-5,9-10H2,1H3;2H2,1H3,(H,4,5);2*1H/t10-;7-;6-;;;/m000.../s1. The van der Waals surface area contributed by atoms with Crippen molar-refractivity contribution >= 4 is 72.8 Å². The van der Waals surface area contributed by atoms with E-state index in [4.69, 9.17) is 40.6 Å². The molecule has 0 saturated heterocycles. The molecule has 23 heteroatoms. The molecule has 0 bridgehead atoms. The van der Waals surface area contributed by atoms with Gasteiger partial charge in [-0.25, -0.2) is 19.2 Å². The second-order valence-electron chi connectivity index (χ2n) is 12.8. The monoisotopic (exact) mass is 886 g/mol. The van der Waals surface area contributed by atoms with Gasteiger partial charge in [-0.3, -0.25) is 19.2 Å². The van der Waals surface area contributed by atoms with Gasteiger partial charge < -0.3 is 65.5 Å². The molecule has 0 fully saturated rings. The highest BCUT2D eigenvalue weighted by Crippen LogP contribution is 2.08. The maximum Gasteiger partial charge on any atom is 0.408 e. The normalized spacial score (nSPS) is 11.5. The van der Waals surface area contributed by atoms with E-state index in [1.165, 1.54) is 0 Å². The molecule has 0 spiro atoms. The van der Waals surface area contributed by atoms with Crippen LogP contribution < -0.4 is 22.1 Å². The first-order valence-corrected chi connectivity index (χ1v) is 18.0. The molecular weight excluding hydrogens is 819 g/mol. The average Bonchev–Trinajstić information content (AvgIpc) is 3.09. The van der Waals surface area contributed by atoms with E-state index in [-0.39, 0.29) is 96.0 Å². The molecule has 8 N–H and O–H groups in total. The van der Waals surface area contributed by atoms with Gasteiger partial charge in [-0.05, 0) is 62.3 Å². The summed E-state index contributed by atoms with van der Waals surface area (Å²) in [5.41, 5.74) is 9.11. The van der Waals surface area contributed by atoms with Crippen LogP contribution in [-0.2, 0) is 61.9 Å².